The van der Waals surface area contributed by atoms with Crippen LogP contribution in [0, 0.1) is 5.92 Å². The van der Waals surface area contributed by atoms with E-state index in [2.05, 4.69) is 29.4 Å². The third-order valence-electron chi connectivity index (χ3n) is 3.02. The number of hydrogen-bond acceptors (Lipinski definition) is 4. The van der Waals surface area contributed by atoms with E-state index in [1.807, 2.05) is 0 Å². The van der Waals surface area contributed by atoms with Crippen LogP contribution in [0.3, 0.4) is 0 Å². The third-order valence-corrected chi connectivity index (χ3v) is 3.30. The summed E-state index contributed by atoms with van der Waals surface area (Å²) >= 11 is 5.20. The largest absolute Gasteiger partial charge is 0.473 e. The first kappa shape index (κ1) is 20.6. The van der Waals surface area contributed by atoms with Crippen LogP contribution in [0.4, 0.5) is 0 Å². The Kier molecular flexibility index (Phi) is 11.4. The van der Waals surface area contributed by atoms with Crippen LogP contribution in [0.1, 0.15) is 33.1 Å². The van der Waals surface area contributed by atoms with E-state index in [-0.39, 0.29) is 0 Å². The van der Waals surface area contributed by atoms with Crippen molar-refractivity contribution < 1.29 is 19.8 Å². The number of piperidine rings is 1. The second-order valence-electron chi connectivity index (χ2n) is 5.54. The Morgan fingerprint density at radius 2 is 1.64 bits per heavy atom. The van der Waals surface area contributed by atoms with E-state index in [0.29, 0.717) is 5.92 Å². The monoisotopic (exact) mass is 333 g/mol. The lowest BCUT2D eigenvalue weighted by Crippen LogP contribution is -2.42. The molecule has 22 heavy (non-hydrogen) atoms. The van der Waals surface area contributed by atoms with E-state index in [4.69, 9.17) is 32.0 Å². The molecule has 4 N–H and O–H groups in total. The van der Waals surface area contributed by atoms with Crippen molar-refractivity contribution in [1.82, 2.24) is 15.5 Å². The van der Waals surface area contributed by atoms with Crippen LogP contribution in [0.25, 0.3) is 0 Å². The molecule has 0 spiro atoms. The minimum absolute atomic E-state index is 0.641. The SMILES string of the molecule is CC(C)CNC(=S)NCCN1CCCCC1.O=C(O)C(=O)O. The van der Waals surface area contributed by atoms with Crippen LogP contribution in [0.15, 0.2) is 0 Å². The Labute approximate surface area is 137 Å². The molecule has 0 aromatic carbocycles. The summed E-state index contributed by atoms with van der Waals surface area (Å²) in [6.07, 6.45) is 4.12. The molecule has 1 aliphatic heterocycles. The molecule has 0 bridgehead atoms. The topological polar surface area (TPSA) is 102 Å². The highest BCUT2D eigenvalue weighted by atomic mass is 32.1. The number of thiocarbonyl (C=S) groups is 1. The highest BCUT2D eigenvalue weighted by Gasteiger charge is 2.09. The zero-order valence-corrected chi connectivity index (χ0v) is 14.1. The van der Waals surface area contributed by atoms with Crippen molar-refractivity contribution in [2.45, 2.75) is 33.1 Å². The molecule has 1 saturated heterocycles. The van der Waals surface area contributed by atoms with Gasteiger partial charge in [0.2, 0.25) is 0 Å². The molecule has 1 heterocycles. The summed E-state index contributed by atoms with van der Waals surface area (Å²) in [4.78, 5) is 20.7. The fourth-order valence-electron chi connectivity index (χ4n) is 1.87. The van der Waals surface area contributed by atoms with Crippen molar-refractivity contribution in [3.05, 3.63) is 0 Å². The summed E-state index contributed by atoms with van der Waals surface area (Å²) in [5.41, 5.74) is 0. The zero-order chi connectivity index (χ0) is 17.0. The predicted molar refractivity (Wildman–Crippen MR) is 89.0 cm³/mol. The molecule has 0 radical (unpaired) electrons. The smallest absolute Gasteiger partial charge is 0.414 e. The van der Waals surface area contributed by atoms with Gasteiger partial charge >= 0.3 is 11.9 Å². The fraction of sp³-hybridized carbons (Fsp3) is 0.786. The van der Waals surface area contributed by atoms with Crippen molar-refractivity contribution in [1.29, 1.82) is 0 Å². The van der Waals surface area contributed by atoms with Gasteiger partial charge in [-0.15, -0.1) is 0 Å². The molecular formula is C14H27N3O4S. The molecule has 0 amide bonds. The average molecular weight is 333 g/mol. The molecule has 0 aromatic rings. The predicted octanol–water partition coefficient (Wildman–Crippen LogP) is 0.748. The Morgan fingerprint density at radius 3 is 2.09 bits per heavy atom. The summed E-state index contributed by atoms with van der Waals surface area (Å²) < 4.78 is 0. The first-order valence-electron chi connectivity index (χ1n) is 7.53. The van der Waals surface area contributed by atoms with Crippen molar-refractivity contribution in [2.75, 3.05) is 32.7 Å². The maximum absolute atomic E-state index is 9.10. The molecule has 0 aromatic heterocycles. The first-order chi connectivity index (χ1) is 10.3. The minimum atomic E-state index is -1.82. The van der Waals surface area contributed by atoms with Gasteiger partial charge in [-0.05, 0) is 44.1 Å². The number of likely N-dealkylation sites (tertiary alicyclic amines) is 1. The molecule has 0 aliphatic carbocycles. The van der Waals surface area contributed by atoms with Gasteiger partial charge in [0, 0.05) is 19.6 Å². The van der Waals surface area contributed by atoms with Gasteiger partial charge in [0.1, 0.15) is 0 Å². The molecule has 0 saturated carbocycles. The van der Waals surface area contributed by atoms with Crippen molar-refractivity contribution in [3.8, 4) is 0 Å². The van der Waals surface area contributed by atoms with E-state index >= 15 is 0 Å². The zero-order valence-electron chi connectivity index (χ0n) is 13.3. The minimum Gasteiger partial charge on any atom is -0.473 e. The second-order valence-corrected chi connectivity index (χ2v) is 5.95. The van der Waals surface area contributed by atoms with Gasteiger partial charge in [-0.1, -0.05) is 20.3 Å². The van der Waals surface area contributed by atoms with Crippen LogP contribution >= 0.6 is 12.2 Å². The number of hydrogen-bond donors (Lipinski definition) is 4. The van der Waals surface area contributed by atoms with Crippen LogP contribution in [0.5, 0.6) is 0 Å². The molecule has 1 aliphatic rings. The van der Waals surface area contributed by atoms with E-state index in [9.17, 15) is 0 Å². The van der Waals surface area contributed by atoms with Gasteiger partial charge in [-0.3, -0.25) is 0 Å². The second kappa shape index (κ2) is 12.2. The Balaban J connectivity index is 0.000000626. The fourth-order valence-corrected chi connectivity index (χ4v) is 2.06. The molecule has 0 atom stereocenters. The van der Waals surface area contributed by atoms with Crippen molar-refractivity contribution >= 4 is 29.3 Å². The van der Waals surface area contributed by atoms with Crippen molar-refractivity contribution in [2.24, 2.45) is 5.92 Å². The number of carboxylic acids is 2. The number of carboxylic acid groups (broad SMARTS) is 2. The van der Waals surface area contributed by atoms with E-state index < -0.39 is 11.9 Å². The van der Waals surface area contributed by atoms with Crippen LogP contribution < -0.4 is 10.6 Å². The number of aliphatic carboxylic acids is 2. The summed E-state index contributed by atoms with van der Waals surface area (Å²) in [5, 5.41) is 22.1. The van der Waals surface area contributed by atoms with Gasteiger partial charge in [0.05, 0.1) is 0 Å². The summed E-state index contributed by atoms with van der Waals surface area (Å²) in [5.74, 6) is -3.01. The molecule has 1 rings (SSSR count). The highest BCUT2D eigenvalue weighted by molar-refractivity contribution is 7.80. The molecule has 1 fully saturated rings. The normalized spacial score (nSPS) is 14.7. The molecule has 128 valence electrons. The lowest BCUT2D eigenvalue weighted by molar-refractivity contribution is -0.159. The average Bonchev–Trinajstić information content (AvgIpc) is 2.47. The van der Waals surface area contributed by atoms with Gasteiger partial charge in [-0.25, -0.2) is 9.59 Å². The maximum atomic E-state index is 9.10. The Bertz CT molecular complexity index is 346. The first-order valence-corrected chi connectivity index (χ1v) is 7.94. The number of nitrogens with one attached hydrogen (secondary N) is 2. The number of carbonyl (C=O) groups is 2. The third kappa shape index (κ3) is 12.3. The van der Waals surface area contributed by atoms with E-state index in [1.165, 1.54) is 32.4 Å². The number of rotatable bonds is 5. The molecule has 8 heteroatoms. The molecule has 7 nitrogen and oxygen atoms in total. The van der Waals surface area contributed by atoms with Crippen LogP contribution in [-0.2, 0) is 9.59 Å². The molecule has 0 unspecified atom stereocenters. The Hall–Kier alpha value is -1.41. The summed E-state index contributed by atoms with van der Waals surface area (Å²) in [6, 6.07) is 0. The quantitative estimate of drug-likeness (QED) is 0.432. The summed E-state index contributed by atoms with van der Waals surface area (Å²) in [6.45, 7) is 9.91. The van der Waals surface area contributed by atoms with Crippen molar-refractivity contribution in [3.63, 3.8) is 0 Å². The number of nitrogens with zero attached hydrogens (tertiary/aromatic N) is 1. The van der Waals surface area contributed by atoms with Gasteiger partial charge in [0.15, 0.2) is 5.11 Å². The van der Waals surface area contributed by atoms with Crippen LogP contribution in [-0.4, -0.2) is 64.9 Å². The highest BCUT2D eigenvalue weighted by Crippen LogP contribution is 2.07. The van der Waals surface area contributed by atoms with Gasteiger partial charge < -0.3 is 25.7 Å². The van der Waals surface area contributed by atoms with Crippen LogP contribution in [0.2, 0.25) is 0 Å². The standard InChI is InChI=1S/C12H25N3S.C2H2O4/c1-11(2)10-14-12(16)13-6-9-15-7-4-3-5-8-15;3-1(4)2(5)6/h11H,3-10H2,1-2H3,(H2,13,14,16);(H,3,4)(H,5,6). The van der Waals surface area contributed by atoms with Gasteiger partial charge in [-0.2, -0.15) is 0 Å². The van der Waals surface area contributed by atoms with E-state index in [1.54, 1.807) is 0 Å². The van der Waals surface area contributed by atoms with E-state index in [0.717, 1.165) is 24.7 Å². The Morgan fingerprint density at radius 1 is 1.09 bits per heavy atom. The summed E-state index contributed by atoms with van der Waals surface area (Å²) in [7, 11) is 0. The lowest BCUT2D eigenvalue weighted by atomic mass is 10.1. The maximum Gasteiger partial charge on any atom is 0.414 e. The van der Waals surface area contributed by atoms with Gasteiger partial charge in [0.25, 0.3) is 0 Å². The lowest BCUT2D eigenvalue weighted by Gasteiger charge is -2.26. The molecular weight excluding hydrogens is 306 g/mol.